The number of thiophene rings is 2. The van der Waals surface area contributed by atoms with Gasteiger partial charge < -0.3 is 5.32 Å². The molecule has 6 heteroatoms. The van der Waals surface area contributed by atoms with Gasteiger partial charge in [0.25, 0.3) is 0 Å². The Labute approximate surface area is 128 Å². The third-order valence-electron chi connectivity index (χ3n) is 2.74. The van der Waals surface area contributed by atoms with Crippen molar-refractivity contribution in [2.75, 3.05) is 5.32 Å². The normalized spacial score (nSPS) is 12.3. The zero-order valence-electron chi connectivity index (χ0n) is 10.2. The summed E-state index contributed by atoms with van der Waals surface area (Å²) in [6, 6.07) is 11.0. The molecule has 3 aromatic rings. The van der Waals surface area contributed by atoms with Gasteiger partial charge in [0.2, 0.25) is 5.95 Å². The molecule has 1 unspecified atom stereocenters. The van der Waals surface area contributed by atoms with Crippen molar-refractivity contribution in [2.45, 2.75) is 6.04 Å². The molecular weight excluding hydrogens is 315 g/mol. The van der Waals surface area contributed by atoms with Crippen molar-refractivity contribution in [3.05, 3.63) is 68.0 Å². The molecule has 1 atom stereocenters. The van der Waals surface area contributed by atoms with Crippen molar-refractivity contribution in [1.29, 1.82) is 0 Å². The van der Waals surface area contributed by atoms with Crippen LogP contribution in [0.4, 0.5) is 10.1 Å². The maximum atomic E-state index is 12.9. The van der Waals surface area contributed by atoms with Crippen LogP contribution in [0.15, 0.2) is 48.0 Å². The molecule has 20 heavy (non-hydrogen) atoms. The molecule has 0 fully saturated rings. The third kappa shape index (κ3) is 3.00. The zero-order valence-corrected chi connectivity index (χ0v) is 12.6. The molecule has 1 N–H and O–H groups in total. The highest BCUT2D eigenvalue weighted by Gasteiger charge is 2.17. The van der Waals surface area contributed by atoms with Crippen molar-refractivity contribution in [3.63, 3.8) is 0 Å². The van der Waals surface area contributed by atoms with Crippen molar-refractivity contribution >= 4 is 40.0 Å². The summed E-state index contributed by atoms with van der Waals surface area (Å²) in [6.45, 7) is 0. The van der Waals surface area contributed by atoms with Gasteiger partial charge in [0.15, 0.2) is 0 Å². The SMILES string of the molecule is Fc1ccc(NC(c2cccs2)c2ccc(Cl)s2)cn1. The molecule has 3 aromatic heterocycles. The Kier molecular flexibility index (Phi) is 4.00. The number of pyridine rings is 1. The molecular formula is C14H10ClFN2S2. The van der Waals surface area contributed by atoms with E-state index in [1.165, 1.54) is 28.5 Å². The van der Waals surface area contributed by atoms with Crippen LogP contribution in [0.2, 0.25) is 4.34 Å². The molecule has 0 aliphatic rings. The molecule has 0 bridgehead atoms. The molecule has 0 radical (unpaired) electrons. The lowest BCUT2D eigenvalue weighted by molar-refractivity contribution is 0.584. The Morgan fingerprint density at radius 3 is 2.65 bits per heavy atom. The Hall–Kier alpha value is -1.43. The molecule has 0 amide bonds. The van der Waals surface area contributed by atoms with Crippen LogP contribution in [0.1, 0.15) is 15.8 Å². The van der Waals surface area contributed by atoms with Gasteiger partial charge in [-0.3, -0.25) is 0 Å². The van der Waals surface area contributed by atoms with E-state index in [4.69, 9.17) is 11.6 Å². The summed E-state index contributed by atoms with van der Waals surface area (Å²) in [5, 5.41) is 5.40. The number of aromatic nitrogens is 1. The molecule has 0 spiro atoms. The lowest BCUT2D eigenvalue weighted by Crippen LogP contribution is -2.09. The van der Waals surface area contributed by atoms with Crippen LogP contribution < -0.4 is 5.32 Å². The smallest absolute Gasteiger partial charge is 0.212 e. The highest BCUT2D eigenvalue weighted by Crippen LogP contribution is 2.35. The van der Waals surface area contributed by atoms with Crippen LogP contribution in [0.3, 0.4) is 0 Å². The fourth-order valence-electron chi connectivity index (χ4n) is 1.85. The molecule has 3 heterocycles. The van der Waals surface area contributed by atoms with E-state index >= 15 is 0 Å². The van der Waals surface area contributed by atoms with Crippen molar-refractivity contribution in [1.82, 2.24) is 4.98 Å². The lowest BCUT2D eigenvalue weighted by Gasteiger charge is -2.17. The Bertz CT molecular complexity index is 680. The summed E-state index contributed by atoms with van der Waals surface area (Å²) < 4.78 is 13.6. The number of nitrogens with zero attached hydrogens (tertiary/aromatic N) is 1. The largest absolute Gasteiger partial charge is 0.371 e. The molecule has 2 nitrogen and oxygen atoms in total. The van der Waals surface area contributed by atoms with E-state index in [1.54, 1.807) is 17.4 Å². The lowest BCUT2D eigenvalue weighted by atomic mass is 10.2. The standard InChI is InChI=1S/C14H10ClFN2S2/c15-12-5-4-11(20-12)14(10-2-1-7-19-10)18-9-3-6-13(16)17-8-9/h1-8,14,18H. The summed E-state index contributed by atoms with van der Waals surface area (Å²) in [7, 11) is 0. The van der Waals surface area contributed by atoms with E-state index in [1.807, 2.05) is 23.6 Å². The van der Waals surface area contributed by atoms with E-state index < -0.39 is 5.95 Å². The highest BCUT2D eigenvalue weighted by atomic mass is 35.5. The van der Waals surface area contributed by atoms with Gasteiger partial charge in [-0.2, -0.15) is 4.39 Å². The van der Waals surface area contributed by atoms with Crippen molar-refractivity contribution in [3.8, 4) is 0 Å². The fraction of sp³-hybridized carbons (Fsp3) is 0.0714. The maximum absolute atomic E-state index is 12.9. The minimum Gasteiger partial charge on any atom is -0.371 e. The third-order valence-corrected chi connectivity index (χ3v) is 4.98. The number of halogens is 2. The van der Waals surface area contributed by atoms with Crippen LogP contribution in [0.5, 0.6) is 0 Å². The van der Waals surface area contributed by atoms with Gasteiger partial charge >= 0.3 is 0 Å². The van der Waals surface area contributed by atoms with Crippen LogP contribution in [-0.2, 0) is 0 Å². The summed E-state index contributed by atoms with van der Waals surface area (Å²) in [4.78, 5) is 5.95. The Morgan fingerprint density at radius 1 is 1.15 bits per heavy atom. The van der Waals surface area contributed by atoms with E-state index in [0.717, 1.165) is 14.9 Å². The van der Waals surface area contributed by atoms with Gasteiger partial charge in [-0.1, -0.05) is 17.7 Å². The molecule has 0 aliphatic carbocycles. The first-order valence-corrected chi connectivity index (χ1v) is 7.96. The highest BCUT2D eigenvalue weighted by molar-refractivity contribution is 7.16. The van der Waals surface area contributed by atoms with Crippen LogP contribution in [-0.4, -0.2) is 4.98 Å². The first kappa shape index (κ1) is 13.5. The molecule has 0 saturated heterocycles. The van der Waals surface area contributed by atoms with E-state index in [9.17, 15) is 4.39 Å². The first-order valence-electron chi connectivity index (χ1n) is 5.89. The van der Waals surface area contributed by atoms with Gasteiger partial charge in [-0.05, 0) is 35.7 Å². The van der Waals surface area contributed by atoms with Gasteiger partial charge in [-0.25, -0.2) is 4.98 Å². The minimum atomic E-state index is -0.484. The van der Waals surface area contributed by atoms with Gasteiger partial charge in [-0.15, -0.1) is 22.7 Å². The number of anilines is 1. The monoisotopic (exact) mass is 324 g/mol. The van der Waals surface area contributed by atoms with E-state index in [-0.39, 0.29) is 6.04 Å². The summed E-state index contributed by atoms with van der Waals surface area (Å²) >= 11 is 9.22. The second-order valence-electron chi connectivity index (χ2n) is 4.10. The zero-order chi connectivity index (χ0) is 13.9. The average molecular weight is 325 g/mol. The second kappa shape index (κ2) is 5.91. The van der Waals surface area contributed by atoms with Crippen molar-refractivity contribution in [2.24, 2.45) is 0 Å². The van der Waals surface area contributed by atoms with Gasteiger partial charge in [0.1, 0.15) is 0 Å². The first-order chi connectivity index (χ1) is 9.72. The molecule has 0 aromatic carbocycles. The van der Waals surface area contributed by atoms with Gasteiger partial charge in [0.05, 0.1) is 22.3 Å². The summed E-state index contributed by atoms with van der Waals surface area (Å²) in [6.07, 6.45) is 1.49. The van der Waals surface area contributed by atoms with E-state index in [2.05, 4.69) is 16.4 Å². The number of rotatable bonds is 4. The molecule has 0 aliphatic heterocycles. The predicted octanol–water partition coefficient (Wildman–Crippen LogP) is 5.20. The number of hydrogen-bond acceptors (Lipinski definition) is 4. The van der Waals surface area contributed by atoms with Crippen LogP contribution in [0.25, 0.3) is 0 Å². The molecule has 0 saturated carbocycles. The predicted molar refractivity (Wildman–Crippen MR) is 83.3 cm³/mol. The average Bonchev–Trinajstić information content (AvgIpc) is 3.09. The molecule has 3 rings (SSSR count). The van der Waals surface area contributed by atoms with Gasteiger partial charge in [0, 0.05) is 9.75 Å². The van der Waals surface area contributed by atoms with Crippen LogP contribution in [0, 0.1) is 5.95 Å². The number of hydrogen-bond donors (Lipinski definition) is 1. The van der Waals surface area contributed by atoms with Crippen LogP contribution >= 0.6 is 34.3 Å². The second-order valence-corrected chi connectivity index (χ2v) is 6.83. The topological polar surface area (TPSA) is 24.9 Å². The Balaban J connectivity index is 1.92. The van der Waals surface area contributed by atoms with E-state index in [0.29, 0.717) is 0 Å². The number of nitrogens with one attached hydrogen (secondary N) is 1. The quantitative estimate of drug-likeness (QED) is 0.667. The maximum Gasteiger partial charge on any atom is 0.212 e. The minimum absolute atomic E-state index is 0.000221. The summed E-state index contributed by atoms with van der Waals surface area (Å²) in [5.41, 5.74) is 0.773. The Morgan fingerprint density at radius 2 is 2.05 bits per heavy atom. The fourth-order valence-corrected chi connectivity index (χ4v) is 3.85. The molecule has 102 valence electrons. The van der Waals surface area contributed by atoms with Crippen molar-refractivity contribution < 1.29 is 4.39 Å². The summed E-state index contributed by atoms with van der Waals surface area (Å²) in [5.74, 6) is -0.484.